The molecule has 24 heavy (non-hydrogen) atoms. The minimum Gasteiger partial charge on any atom is -0.468 e. The third kappa shape index (κ3) is 3.24. The quantitative estimate of drug-likeness (QED) is 0.884. The van der Waals surface area contributed by atoms with Crippen molar-refractivity contribution < 1.29 is 9.21 Å². The first kappa shape index (κ1) is 15.4. The summed E-state index contributed by atoms with van der Waals surface area (Å²) >= 11 is 0. The molecule has 128 valence electrons. The summed E-state index contributed by atoms with van der Waals surface area (Å²) in [5, 5.41) is 7.58. The summed E-state index contributed by atoms with van der Waals surface area (Å²) in [7, 11) is 0. The molecule has 3 heterocycles. The number of amides is 1. The molecule has 0 aromatic carbocycles. The van der Waals surface area contributed by atoms with Crippen LogP contribution in [0.3, 0.4) is 0 Å². The maximum Gasteiger partial charge on any atom is 0.223 e. The Hall–Kier alpha value is -2.08. The highest BCUT2D eigenvalue weighted by atomic mass is 16.3. The van der Waals surface area contributed by atoms with Crippen molar-refractivity contribution in [3.05, 3.63) is 42.1 Å². The van der Waals surface area contributed by atoms with Gasteiger partial charge in [-0.2, -0.15) is 5.10 Å². The molecule has 1 aliphatic carbocycles. The lowest BCUT2D eigenvalue weighted by atomic mass is 9.85. The van der Waals surface area contributed by atoms with E-state index in [-0.39, 0.29) is 11.8 Å². The molecule has 0 radical (unpaired) electrons. The number of hydrogen-bond donors (Lipinski definition) is 1. The van der Waals surface area contributed by atoms with Crippen molar-refractivity contribution in [2.24, 2.45) is 5.92 Å². The first-order valence-electron chi connectivity index (χ1n) is 8.84. The lowest BCUT2D eigenvalue weighted by molar-refractivity contribution is -0.127. The smallest absolute Gasteiger partial charge is 0.223 e. The molecule has 1 N–H and O–H groups in total. The Labute approximate surface area is 141 Å². The van der Waals surface area contributed by atoms with E-state index in [1.165, 1.54) is 12.1 Å². The number of furan rings is 1. The molecule has 2 aromatic heterocycles. The molecule has 2 aromatic rings. The van der Waals surface area contributed by atoms with Crippen molar-refractivity contribution in [2.45, 2.75) is 44.8 Å². The van der Waals surface area contributed by atoms with Gasteiger partial charge in [0.1, 0.15) is 5.76 Å². The number of nitrogens with zero attached hydrogens (tertiary/aromatic N) is 3. The third-order valence-electron chi connectivity index (χ3n) is 5.16. The Bertz CT molecular complexity index is 675. The lowest BCUT2D eigenvalue weighted by Crippen LogP contribution is -2.40. The third-order valence-corrected chi connectivity index (χ3v) is 5.16. The molecule has 0 unspecified atom stereocenters. The van der Waals surface area contributed by atoms with Crippen LogP contribution in [0.5, 0.6) is 0 Å². The molecule has 1 fully saturated rings. The molecule has 6 nitrogen and oxygen atoms in total. The zero-order valence-corrected chi connectivity index (χ0v) is 13.9. The van der Waals surface area contributed by atoms with Crippen LogP contribution in [-0.4, -0.2) is 33.7 Å². The van der Waals surface area contributed by atoms with Crippen molar-refractivity contribution in [3.8, 4) is 0 Å². The van der Waals surface area contributed by atoms with Crippen LogP contribution < -0.4 is 5.32 Å². The standard InChI is InChI=1S/C18H24N4O2/c23-18(14-3-1-4-14)19-8-6-15-11-21(13-17-5-2-10-24-17)12-16-7-9-20-22(15)16/h2,5,7,9-10,14-15H,1,3-4,6,8,11-13H2,(H,19,23)/t15-/m1/s1. The zero-order valence-electron chi connectivity index (χ0n) is 13.9. The van der Waals surface area contributed by atoms with Gasteiger partial charge in [-0.25, -0.2) is 0 Å². The van der Waals surface area contributed by atoms with Gasteiger partial charge in [0.05, 0.1) is 24.5 Å². The monoisotopic (exact) mass is 328 g/mol. The van der Waals surface area contributed by atoms with Crippen molar-refractivity contribution in [1.82, 2.24) is 20.0 Å². The van der Waals surface area contributed by atoms with E-state index in [0.29, 0.717) is 12.6 Å². The van der Waals surface area contributed by atoms with Gasteiger partial charge in [-0.1, -0.05) is 6.42 Å². The van der Waals surface area contributed by atoms with Crippen LogP contribution in [0.15, 0.2) is 35.1 Å². The first-order chi connectivity index (χ1) is 11.8. The largest absolute Gasteiger partial charge is 0.468 e. The molecule has 6 heteroatoms. The molecule has 2 aliphatic rings. The molecule has 0 bridgehead atoms. The summed E-state index contributed by atoms with van der Waals surface area (Å²) in [6, 6.07) is 6.31. The van der Waals surface area contributed by atoms with Gasteiger partial charge >= 0.3 is 0 Å². The van der Waals surface area contributed by atoms with E-state index in [1.807, 2.05) is 18.3 Å². The number of carbonyl (C=O) groups excluding carboxylic acids is 1. The highest BCUT2D eigenvalue weighted by Gasteiger charge is 2.27. The molecule has 0 saturated heterocycles. The number of carbonyl (C=O) groups is 1. The second-order valence-electron chi connectivity index (χ2n) is 6.88. The molecule has 1 aliphatic heterocycles. The highest BCUT2D eigenvalue weighted by molar-refractivity contribution is 5.79. The fourth-order valence-electron chi connectivity index (χ4n) is 3.60. The van der Waals surface area contributed by atoms with E-state index in [4.69, 9.17) is 4.42 Å². The maximum absolute atomic E-state index is 12.0. The van der Waals surface area contributed by atoms with Crippen molar-refractivity contribution >= 4 is 5.91 Å². The predicted octanol–water partition coefficient (Wildman–Crippen LogP) is 2.34. The van der Waals surface area contributed by atoms with Crippen LogP contribution in [-0.2, 0) is 17.9 Å². The predicted molar refractivity (Wildman–Crippen MR) is 89.1 cm³/mol. The molecule has 1 saturated carbocycles. The molecule has 1 atom stereocenters. The van der Waals surface area contributed by atoms with Gasteiger partial charge in [-0.05, 0) is 37.5 Å². The molecule has 1 amide bonds. The van der Waals surface area contributed by atoms with Gasteiger partial charge in [0, 0.05) is 31.7 Å². The number of rotatable bonds is 6. The second-order valence-corrected chi connectivity index (χ2v) is 6.88. The topological polar surface area (TPSA) is 63.3 Å². The van der Waals surface area contributed by atoms with Gasteiger partial charge in [0.25, 0.3) is 0 Å². The average molecular weight is 328 g/mol. The van der Waals surface area contributed by atoms with Crippen molar-refractivity contribution in [3.63, 3.8) is 0 Å². The number of aromatic nitrogens is 2. The summed E-state index contributed by atoms with van der Waals surface area (Å²) in [6.07, 6.45) is 7.79. The highest BCUT2D eigenvalue weighted by Crippen LogP contribution is 2.27. The minimum absolute atomic E-state index is 0.227. The van der Waals surface area contributed by atoms with E-state index < -0.39 is 0 Å². The summed E-state index contributed by atoms with van der Waals surface area (Å²) in [5.74, 6) is 1.47. The first-order valence-corrected chi connectivity index (χ1v) is 8.84. The second kappa shape index (κ2) is 6.81. The van der Waals surface area contributed by atoms with Crippen molar-refractivity contribution in [1.29, 1.82) is 0 Å². The number of hydrogen-bond acceptors (Lipinski definition) is 4. The summed E-state index contributed by atoms with van der Waals surface area (Å²) < 4.78 is 7.60. The van der Waals surface area contributed by atoms with Crippen LogP contribution in [0.25, 0.3) is 0 Å². The molecular weight excluding hydrogens is 304 g/mol. The minimum atomic E-state index is 0.227. The lowest BCUT2D eigenvalue weighted by Gasteiger charge is -2.33. The van der Waals surface area contributed by atoms with Crippen molar-refractivity contribution in [2.75, 3.05) is 13.1 Å². The summed E-state index contributed by atoms with van der Waals surface area (Å²) in [4.78, 5) is 14.4. The Kier molecular flexibility index (Phi) is 4.38. The van der Waals surface area contributed by atoms with Crippen LogP contribution in [0.2, 0.25) is 0 Å². The Morgan fingerprint density at radius 2 is 2.29 bits per heavy atom. The van der Waals surface area contributed by atoms with Crippen LogP contribution in [0.4, 0.5) is 0 Å². The van der Waals surface area contributed by atoms with E-state index in [2.05, 4.69) is 26.1 Å². The SMILES string of the molecule is O=C(NCC[C@@H]1CN(Cc2ccco2)Cc2ccnn21)C1CCC1. The maximum atomic E-state index is 12.0. The number of nitrogens with one attached hydrogen (secondary N) is 1. The van der Waals surface area contributed by atoms with Gasteiger partial charge in [0.15, 0.2) is 0 Å². The molecular formula is C18H24N4O2. The summed E-state index contributed by atoms with van der Waals surface area (Å²) in [6.45, 7) is 3.33. The number of fused-ring (bicyclic) bond motifs is 1. The van der Waals surface area contributed by atoms with Gasteiger partial charge in [-0.15, -0.1) is 0 Å². The Balaban J connectivity index is 1.35. The Morgan fingerprint density at radius 1 is 1.38 bits per heavy atom. The average Bonchev–Trinajstić information content (AvgIpc) is 3.16. The van der Waals surface area contributed by atoms with Crippen LogP contribution in [0.1, 0.15) is 43.2 Å². The van der Waals surface area contributed by atoms with E-state index in [0.717, 1.165) is 44.7 Å². The van der Waals surface area contributed by atoms with Crippen LogP contribution >= 0.6 is 0 Å². The normalized spacial score (nSPS) is 21.2. The summed E-state index contributed by atoms with van der Waals surface area (Å²) in [5.41, 5.74) is 1.23. The van der Waals surface area contributed by atoms with E-state index in [1.54, 1.807) is 6.26 Å². The molecule has 0 spiro atoms. The van der Waals surface area contributed by atoms with E-state index >= 15 is 0 Å². The molecule has 4 rings (SSSR count). The van der Waals surface area contributed by atoms with Gasteiger partial charge in [0.2, 0.25) is 5.91 Å². The van der Waals surface area contributed by atoms with Gasteiger partial charge < -0.3 is 9.73 Å². The Morgan fingerprint density at radius 3 is 3.04 bits per heavy atom. The fraction of sp³-hybridized carbons (Fsp3) is 0.556. The van der Waals surface area contributed by atoms with Gasteiger partial charge in [-0.3, -0.25) is 14.4 Å². The zero-order chi connectivity index (χ0) is 16.4. The van der Waals surface area contributed by atoms with Crippen LogP contribution in [0, 0.1) is 5.92 Å². The van der Waals surface area contributed by atoms with E-state index in [9.17, 15) is 4.79 Å². The fourth-order valence-corrected chi connectivity index (χ4v) is 3.60.